The summed E-state index contributed by atoms with van der Waals surface area (Å²) in [6, 6.07) is 12.8. The molecule has 3 nitrogen and oxygen atoms in total. The number of hydrogen-bond donors (Lipinski definition) is 0. The smallest absolute Gasteiger partial charge is 0.317 e. The van der Waals surface area contributed by atoms with Crippen LogP contribution in [0.1, 0.15) is 5.69 Å². The average Bonchev–Trinajstić information content (AvgIpc) is 2.95. The van der Waals surface area contributed by atoms with E-state index in [0.29, 0.717) is 10.7 Å². The van der Waals surface area contributed by atoms with Gasteiger partial charge in [0, 0.05) is 22.0 Å². The van der Waals surface area contributed by atoms with Crippen LogP contribution in [-0.2, 0) is 11.2 Å². The van der Waals surface area contributed by atoms with Crippen LogP contribution in [0.5, 0.6) is 5.75 Å². The van der Waals surface area contributed by atoms with Crippen molar-refractivity contribution in [2.45, 2.75) is 6.42 Å². The molecule has 3 aromatic rings. The molecule has 0 saturated heterocycles. The lowest BCUT2D eigenvalue weighted by Crippen LogP contribution is -2.11. The third-order valence-electron chi connectivity index (χ3n) is 2.98. The normalized spacial score (nSPS) is 10.5. The number of carbonyl (C=O) groups is 1. The second-order valence-corrected chi connectivity index (χ2v) is 6.06. The topological polar surface area (TPSA) is 39.2 Å². The van der Waals surface area contributed by atoms with Gasteiger partial charge in [-0.1, -0.05) is 29.8 Å². The molecule has 0 spiro atoms. The van der Waals surface area contributed by atoms with Gasteiger partial charge in [0.2, 0.25) is 0 Å². The van der Waals surface area contributed by atoms with Gasteiger partial charge in [0.05, 0.1) is 12.1 Å². The molecule has 0 fully saturated rings. The van der Waals surface area contributed by atoms with Crippen molar-refractivity contribution < 1.29 is 13.9 Å². The molecule has 0 amide bonds. The predicted molar refractivity (Wildman–Crippen MR) is 88.3 cm³/mol. The summed E-state index contributed by atoms with van der Waals surface area (Å²) in [4.78, 5) is 16.3. The van der Waals surface area contributed by atoms with Crippen molar-refractivity contribution in [1.82, 2.24) is 4.98 Å². The van der Waals surface area contributed by atoms with Gasteiger partial charge in [0.15, 0.2) is 0 Å². The fourth-order valence-corrected chi connectivity index (χ4v) is 3.00. The maximum atomic E-state index is 13.1. The zero-order valence-electron chi connectivity index (χ0n) is 11.8. The second kappa shape index (κ2) is 6.89. The van der Waals surface area contributed by atoms with E-state index in [0.717, 1.165) is 16.6 Å². The molecule has 0 unspecified atom stereocenters. The maximum absolute atomic E-state index is 13.1. The first-order valence-electron chi connectivity index (χ1n) is 6.77. The second-order valence-electron chi connectivity index (χ2n) is 4.76. The fourth-order valence-electron chi connectivity index (χ4n) is 1.99. The van der Waals surface area contributed by atoms with Gasteiger partial charge < -0.3 is 4.74 Å². The Morgan fingerprint density at radius 2 is 2.04 bits per heavy atom. The number of ether oxygens (including phenoxy) is 1. The monoisotopic (exact) mass is 347 g/mol. The lowest BCUT2D eigenvalue weighted by molar-refractivity contribution is -0.133. The molecule has 1 aromatic heterocycles. The molecule has 0 aliphatic rings. The largest absolute Gasteiger partial charge is 0.426 e. The van der Waals surface area contributed by atoms with Gasteiger partial charge >= 0.3 is 5.97 Å². The summed E-state index contributed by atoms with van der Waals surface area (Å²) < 4.78 is 18.2. The summed E-state index contributed by atoms with van der Waals surface area (Å²) in [6.07, 6.45) is 0.0214. The zero-order chi connectivity index (χ0) is 16.2. The molecular formula is C17H11ClFNO2S. The van der Waals surface area contributed by atoms with E-state index >= 15 is 0 Å². The quantitative estimate of drug-likeness (QED) is 0.505. The Kier molecular flexibility index (Phi) is 4.69. The molecule has 6 heteroatoms. The summed E-state index contributed by atoms with van der Waals surface area (Å²) in [5, 5.41) is 3.20. The Labute approximate surface area is 141 Å². The van der Waals surface area contributed by atoms with Crippen molar-refractivity contribution in [3.8, 4) is 16.3 Å². The van der Waals surface area contributed by atoms with Gasteiger partial charge in [-0.15, -0.1) is 11.3 Å². The number of rotatable bonds is 4. The zero-order valence-corrected chi connectivity index (χ0v) is 13.4. The minimum atomic E-state index is -0.487. The molecular weight excluding hydrogens is 337 g/mol. The molecule has 3 rings (SSSR count). The summed E-state index contributed by atoms with van der Waals surface area (Å²) >= 11 is 7.39. The van der Waals surface area contributed by atoms with Gasteiger partial charge in [-0.2, -0.15) is 0 Å². The van der Waals surface area contributed by atoms with Crippen LogP contribution in [0.25, 0.3) is 10.6 Å². The number of esters is 1. The molecule has 1 heterocycles. The van der Waals surface area contributed by atoms with E-state index in [1.807, 2.05) is 18.2 Å². The predicted octanol–water partition coefficient (Wildman–Crippen LogP) is 4.75. The molecule has 0 aliphatic carbocycles. The molecule has 0 radical (unpaired) electrons. The van der Waals surface area contributed by atoms with Gasteiger partial charge in [-0.05, 0) is 24.3 Å². The van der Waals surface area contributed by atoms with Crippen LogP contribution >= 0.6 is 22.9 Å². The van der Waals surface area contributed by atoms with E-state index in [9.17, 15) is 9.18 Å². The highest BCUT2D eigenvalue weighted by Gasteiger charge is 2.11. The summed E-state index contributed by atoms with van der Waals surface area (Å²) in [5.41, 5.74) is 1.50. The average molecular weight is 348 g/mol. The van der Waals surface area contributed by atoms with Crippen molar-refractivity contribution in [1.29, 1.82) is 0 Å². The van der Waals surface area contributed by atoms with Gasteiger partial charge in [0.25, 0.3) is 0 Å². The Balaban J connectivity index is 1.68. The summed E-state index contributed by atoms with van der Waals surface area (Å²) in [7, 11) is 0. The van der Waals surface area contributed by atoms with E-state index in [4.69, 9.17) is 16.3 Å². The van der Waals surface area contributed by atoms with Crippen molar-refractivity contribution in [3.63, 3.8) is 0 Å². The Morgan fingerprint density at radius 1 is 1.22 bits per heavy atom. The number of nitrogens with zero attached hydrogens (tertiary/aromatic N) is 1. The fraction of sp³-hybridized carbons (Fsp3) is 0.0588. The van der Waals surface area contributed by atoms with E-state index < -0.39 is 11.8 Å². The third-order valence-corrected chi connectivity index (χ3v) is 4.15. The highest BCUT2D eigenvalue weighted by molar-refractivity contribution is 7.13. The maximum Gasteiger partial charge on any atom is 0.317 e. The molecule has 116 valence electrons. The van der Waals surface area contributed by atoms with Crippen LogP contribution < -0.4 is 4.74 Å². The Hall–Kier alpha value is -2.24. The number of thiazole rings is 1. The van der Waals surface area contributed by atoms with Crippen molar-refractivity contribution in [3.05, 3.63) is 70.4 Å². The molecule has 0 atom stereocenters. The summed E-state index contributed by atoms with van der Waals surface area (Å²) in [6.45, 7) is 0. The first-order chi connectivity index (χ1) is 11.1. The molecule has 0 saturated carbocycles. The number of halogens is 2. The van der Waals surface area contributed by atoms with Crippen LogP contribution in [0.4, 0.5) is 4.39 Å². The first-order valence-corrected chi connectivity index (χ1v) is 8.02. The minimum absolute atomic E-state index is 0.0214. The highest BCUT2D eigenvalue weighted by Crippen LogP contribution is 2.26. The number of aromatic nitrogens is 1. The molecule has 23 heavy (non-hydrogen) atoms. The van der Waals surface area contributed by atoms with E-state index in [-0.39, 0.29) is 12.2 Å². The van der Waals surface area contributed by atoms with Crippen LogP contribution in [0.3, 0.4) is 0 Å². The van der Waals surface area contributed by atoms with Crippen molar-refractivity contribution in [2.75, 3.05) is 0 Å². The number of hydrogen-bond acceptors (Lipinski definition) is 4. The van der Waals surface area contributed by atoms with Crippen molar-refractivity contribution in [2.24, 2.45) is 0 Å². The first kappa shape index (κ1) is 15.6. The van der Waals surface area contributed by atoms with E-state index in [1.54, 1.807) is 11.4 Å². The van der Waals surface area contributed by atoms with Crippen LogP contribution in [0.15, 0.2) is 53.9 Å². The van der Waals surface area contributed by atoms with E-state index in [1.165, 1.54) is 29.5 Å². The molecule has 0 bridgehead atoms. The summed E-state index contributed by atoms with van der Waals surface area (Å²) in [5.74, 6) is -0.758. The molecule has 2 aromatic carbocycles. The van der Waals surface area contributed by atoms with Crippen LogP contribution in [-0.4, -0.2) is 11.0 Å². The third kappa shape index (κ3) is 4.15. The lowest BCUT2D eigenvalue weighted by atomic mass is 10.2. The number of carbonyl (C=O) groups excluding carboxylic acids is 1. The van der Waals surface area contributed by atoms with E-state index in [2.05, 4.69) is 4.98 Å². The minimum Gasteiger partial charge on any atom is -0.426 e. The Bertz CT molecular complexity index is 850. The molecule has 0 aliphatic heterocycles. The molecule has 0 N–H and O–H groups in total. The lowest BCUT2D eigenvalue weighted by Gasteiger charge is -2.02. The van der Waals surface area contributed by atoms with Gasteiger partial charge in [0.1, 0.15) is 16.6 Å². The Morgan fingerprint density at radius 3 is 2.83 bits per heavy atom. The van der Waals surface area contributed by atoms with Crippen LogP contribution in [0.2, 0.25) is 5.02 Å². The number of benzene rings is 2. The standard InChI is InChI=1S/C17H11ClFNO2S/c18-12-4-1-3-11(7-12)17-20-14(10-23-17)9-16(21)22-15-6-2-5-13(19)8-15/h1-8,10H,9H2. The van der Waals surface area contributed by atoms with Crippen LogP contribution in [0, 0.1) is 5.82 Å². The van der Waals surface area contributed by atoms with Crippen molar-refractivity contribution >= 4 is 28.9 Å². The SMILES string of the molecule is O=C(Cc1csc(-c2cccc(Cl)c2)n1)Oc1cccc(F)c1. The highest BCUT2D eigenvalue weighted by atomic mass is 35.5. The van der Waals surface area contributed by atoms with Gasteiger partial charge in [-0.25, -0.2) is 9.37 Å². The van der Waals surface area contributed by atoms with Gasteiger partial charge in [-0.3, -0.25) is 4.79 Å².